The van der Waals surface area contributed by atoms with E-state index >= 15 is 0 Å². The van der Waals surface area contributed by atoms with Gasteiger partial charge >= 0.3 is 12.1 Å². The van der Waals surface area contributed by atoms with Crippen molar-refractivity contribution in [2.75, 3.05) is 20.7 Å². The Hall–Kier alpha value is -2.05. The van der Waals surface area contributed by atoms with E-state index in [-0.39, 0.29) is 6.03 Å². The summed E-state index contributed by atoms with van der Waals surface area (Å²) in [7, 11) is 2.88. The van der Waals surface area contributed by atoms with E-state index in [1.54, 1.807) is 13.1 Å². The number of nitrogens with zero attached hydrogens (tertiary/aromatic N) is 2. The molecule has 7 heteroatoms. The normalized spacial score (nSPS) is 11.8. The number of carbonyl (C=O) groups is 2. The number of aliphatic imine (C=N–C) groups is 1. The highest BCUT2D eigenvalue weighted by Gasteiger charge is 2.15. The van der Waals surface area contributed by atoms with E-state index in [0.717, 1.165) is 12.8 Å². The second-order valence-corrected chi connectivity index (χ2v) is 5.19. The first-order chi connectivity index (χ1) is 11.1. The smallest absolute Gasteiger partial charge is 0.434 e. The highest BCUT2D eigenvalue weighted by molar-refractivity contribution is 5.79. The van der Waals surface area contributed by atoms with Crippen molar-refractivity contribution in [2.24, 2.45) is 4.99 Å². The zero-order chi connectivity index (χ0) is 17.5. The van der Waals surface area contributed by atoms with Crippen molar-refractivity contribution in [2.45, 2.75) is 51.6 Å². The number of urea groups is 1. The predicted octanol–water partition coefficient (Wildman–Crippen LogP) is 2.88. The highest BCUT2D eigenvalue weighted by atomic mass is 16.5. The molecule has 0 heterocycles. The van der Waals surface area contributed by atoms with Crippen molar-refractivity contribution in [3.8, 4) is 0 Å². The van der Waals surface area contributed by atoms with Crippen LogP contribution in [0.2, 0.25) is 0 Å². The van der Waals surface area contributed by atoms with E-state index in [4.69, 9.17) is 0 Å². The molecule has 0 saturated carbocycles. The van der Waals surface area contributed by atoms with E-state index in [0.29, 0.717) is 6.54 Å². The van der Waals surface area contributed by atoms with Crippen molar-refractivity contribution in [3.63, 3.8) is 0 Å². The maximum Gasteiger partial charge on any atom is 0.434 e. The molecule has 0 aliphatic heterocycles. The lowest BCUT2D eigenvalue weighted by molar-refractivity contribution is 0.182. The number of rotatable bonds is 11. The molecule has 0 aromatic carbocycles. The fraction of sp³-hybridized carbons (Fsp3) is 0.688. The fourth-order valence-corrected chi connectivity index (χ4v) is 1.91. The summed E-state index contributed by atoms with van der Waals surface area (Å²) in [5, 5.41) is 5.66. The number of carbonyl (C=O) groups excluding carboxylic acids is 2. The van der Waals surface area contributed by atoms with Crippen LogP contribution in [0.4, 0.5) is 9.59 Å². The second kappa shape index (κ2) is 13.6. The Bertz CT molecular complexity index is 386. The number of nitrogens with one attached hydrogen (secondary N) is 2. The molecule has 0 radical (unpaired) electrons. The van der Waals surface area contributed by atoms with Gasteiger partial charge in [0.2, 0.25) is 0 Å². The van der Waals surface area contributed by atoms with Gasteiger partial charge in [-0.1, -0.05) is 45.6 Å². The number of ether oxygens (including phenoxy) is 1. The maximum atomic E-state index is 12.0. The minimum absolute atomic E-state index is 0.206. The number of hydrogen-bond acceptors (Lipinski definition) is 3. The fourth-order valence-electron chi connectivity index (χ4n) is 1.91. The average molecular weight is 326 g/mol. The van der Waals surface area contributed by atoms with Gasteiger partial charge in [0.05, 0.1) is 13.4 Å². The number of methoxy groups -OCH3 is 1. The first kappa shape index (κ1) is 20.9. The monoisotopic (exact) mass is 326 g/mol. The van der Waals surface area contributed by atoms with Gasteiger partial charge in [-0.3, -0.25) is 0 Å². The van der Waals surface area contributed by atoms with E-state index in [1.165, 1.54) is 44.0 Å². The minimum Gasteiger partial charge on any atom is -0.451 e. The Labute approximate surface area is 139 Å². The molecule has 0 fully saturated rings. The number of unbranched alkanes of at least 4 members (excludes halogenated alkanes) is 5. The van der Waals surface area contributed by atoms with Crippen LogP contribution >= 0.6 is 0 Å². The molecule has 0 aromatic heterocycles. The SMILES string of the molecule is C=CC(NC=NC(=O)OC)N(C)C(=O)NCCCCCCCC. The summed E-state index contributed by atoms with van der Waals surface area (Å²) in [6.07, 6.45) is 8.63. The summed E-state index contributed by atoms with van der Waals surface area (Å²) in [6, 6.07) is -0.206. The zero-order valence-corrected chi connectivity index (χ0v) is 14.5. The molecule has 2 N–H and O–H groups in total. The molecule has 0 spiro atoms. The van der Waals surface area contributed by atoms with Gasteiger partial charge in [-0.25, -0.2) is 9.59 Å². The van der Waals surface area contributed by atoms with Gasteiger partial charge in [0.15, 0.2) is 0 Å². The quantitative estimate of drug-likeness (QED) is 0.201. The Morgan fingerprint density at radius 1 is 1.26 bits per heavy atom. The average Bonchev–Trinajstić information content (AvgIpc) is 2.56. The first-order valence-electron chi connectivity index (χ1n) is 8.06. The van der Waals surface area contributed by atoms with Crippen LogP contribution in [-0.4, -0.2) is 50.2 Å². The molecule has 7 nitrogen and oxygen atoms in total. The van der Waals surface area contributed by atoms with Crippen LogP contribution in [0.25, 0.3) is 0 Å². The highest BCUT2D eigenvalue weighted by Crippen LogP contribution is 2.04. The van der Waals surface area contributed by atoms with Gasteiger partial charge in [-0.05, 0) is 12.5 Å². The van der Waals surface area contributed by atoms with E-state index in [9.17, 15) is 9.59 Å². The zero-order valence-electron chi connectivity index (χ0n) is 14.5. The number of likely N-dealkylation sites (N-methyl/N-ethyl adjacent to an activating group) is 1. The van der Waals surface area contributed by atoms with Crippen LogP contribution in [0.15, 0.2) is 17.6 Å². The van der Waals surface area contributed by atoms with Crippen molar-refractivity contribution in [1.82, 2.24) is 15.5 Å². The number of amides is 3. The lowest BCUT2D eigenvalue weighted by Crippen LogP contribution is -2.49. The van der Waals surface area contributed by atoms with Gasteiger partial charge in [0, 0.05) is 13.6 Å². The largest absolute Gasteiger partial charge is 0.451 e. The minimum atomic E-state index is -0.713. The second-order valence-electron chi connectivity index (χ2n) is 5.19. The van der Waals surface area contributed by atoms with Crippen LogP contribution in [-0.2, 0) is 4.74 Å². The van der Waals surface area contributed by atoms with Gasteiger partial charge in [0.1, 0.15) is 6.17 Å². The molecular weight excluding hydrogens is 296 g/mol. The molecule has 0 aliphatic rings. The first-order valence-corrected chi connectivity index (χ1v) is 8.06. The third kappa shape index (κ3) is 10.3. The van der Waals surface area contributed by atoms with Crippen LogP contribution in [0.1, 0.15) is 45.4 Å². The molecule has 23 heavy (non-hydrogen) atoms. The summed E-state index contributed by atoms with van der Waals surface area (Å²) >= 11 is 0. The Morgan fingerprint density at radius 2 is 1.91 bits per heavy atom. The molecule has 1 unspecified atom stereocenters. The van der Waals surface area contributed by atoms with Crippen molar-refractivity contribution >= 4 is 18.5 Å². The molecule has 1 atom stereocenters. The van der Waals surface area contributed by atoms with Gasteiger partial charge < -0.3 is 20.3 Å². The molecule has 0 aromatic rings. The van der Waals surface area contributed by atoms with Crippen LogP contribution in [0.5, 0.6) is 0 Å². The lowest BCUT2D eigenvalue weighted by atomic mass is 10.1. The molecule has 0 aliphatic carbocycles. The van der Waals surface area contributed by atoms with Gasteiger partial charge in [-0.15, -0.1) is 0 Å². The third-order valence-electron chi connectivity index (χ3n) is 3.36. The molecule has 0 rings (SSSR count). The molecule has 0 bridgehead atoms. The summed E-state index contributed by atoms with van der Waals surface area (Å²) in [5.74, 6) is 0. The summed E-state index contributed by atoms with van der Waals surface area (Å²) < 4.78 is 4.38. The Balaban J connectivity index is 4.01. The van der Waals surface area contributed by atoms with E-state index < -0.39 is 12.3 Å². The molecular formula is C16H30N4O3. The maximum absolute atomic E-state index is 12.0. The predicted molar refractivity (Wildman–Crippen MR) is 92.6 cm³/mol. The summed E-state index contributed by atoms with van der Waals surface area (Å²) in [4.78, 5) is 27.8. The third-order valence-corrected chi connectivity index (χ3v) is 3.36. The van der Waals surface area contributed by atoms with Crippen LogP contribution in [0, 0.1) is 0 Å². The van der Waals surface area contributed by atoms with Crippen LogP contribution in [0.3, 0.4) is 0 Å². The van der Waals surface area contributed by atoms with Crippen molar-refractivity contribution in [3.05, 3.63) is 12.7 Å². The van der Waals surface area contributed by atoms with E-state index in [1.807, 2.05) is 0 Å². The summed E-state index contributed by atoms with van der Waals surface area (Å²) in [6.45, 7) is 6.50. The topological polar surface area (TPSA) is 83.0 Å². The van der Waals surface area contributed by atoms with Crippen molar-refractivity contribution in [1.29, 1.82) is 0 Å². The molecule has 132 valence electrons. The molecule has 3 amide bonds. The standard InChI is InChI=1S/C16H30N4O3/c1-5-7-8-9-10-11-12-17-15(21)20(3)14(6-2)18-13-19-16(22)23-4/h6,13-14H,2,5,7-12H2,1,3-4H3,(H,17,21)(H,18,19,22). The Kier molecular flexibility index (Phi) is 12.4. The molecule has 0 saturated heterocycles. The lowest BCUT2D eigenvalue weighted by Gasteiger charge is -2.25. The van der Waals surface area contributed by atoms with E-state index in [2.05, 4.69) is 33.9 Å². The van der Waals surface area contributed by atoms with Crippen molar-refractivity contribution < 1.29 is 14.3 Å². The number of hydrogen-bond donors (Lipinski definition) is 2. The van der Waals surface area contributed by atoms with Crippen LogP contribution < -0.4 is 10.6 Å². The van der Waals surface area contributed by atoms with Gasteiger partial charge in [0.25, 0.3) is 0 Å². The Morgan fingerprint density at radius 3 is 2.52 bits per heavy atom. The van der Waals surface area contributed by atoms with Gasteiger partial charge in [-0.2, -0.15) is 4.99 Å². The summed E-state index contributed by atoms with van der Waals surface area (Å²) in [5.41, 5.74) is 0.